The zero-order valence-corrected chi connectivity index (χ0v) is 55.7. The van der Waals surface area contributed by atoms with Crippen LogP contribution in [-0.2, 0) is 18.4 Å². The van der Waals surface area contributed by atoms with Crippen molar-refractivity contribution in [1.82, 2.24) is 5.32 Å². The van der Waals surface area contributed by atoms with E-state index in [1.165, 1.54) is 263 Å². The van der Waals surface area contributed by atoms with Crippen LogP contribution in [0.15, 0.2) is 48.6 Å². The highest BCUT2D eigenvalue weighted by Gasteiger charge is 2.28. The zero-order valence-electron chi connectivity index (χ0n) is 54.8. The molecule has 0 aromatic carbocycles. The molecule has 0 rings (SSSR count). The molecule has 0 radical (unpaired) electrons. The molecule has 0 saturated heterocycles. The molecule has 0 aliphatic carbocycles. The van der Waals surface area contributed by atoms with Gasteiger partial charge in [-0.05, 0) is 51.4 Å². The van der Waals surface area contributed by atoms with Crippen LogP contribution < -0.4 is 5.32 Å². The Morgan fingerprint density at radius 3 is 1.09 bits per heavy atom. The minimum Gasteiger partial charge on any atom is -0.391 e. The first-order valence-corrected chi connectivity index (χ1v) is 37.0. The molecule has 0 aromatic rings. The van der Waals surface area contributed by atoms with Gasteiger partial charge in [-0.25, -0.2) is 4.57 Å². The number of phosphoric ester groups is 1. The first kappa shape index (κ1) is 79.5. The van der Waals surface area contributed by atoms with Crippen molar-refractivity contribution in [1.29, 1.82) is 0 Å². The molecule has 0 spiro atoms. The third kappa shape index (κ3) is 65.9. The van der Waals surface area contributed by atoms with Crippen LogP contribution in [0.4, 0.5) is 0 Å². The predicted octanol–water partition coefficient (Wildman–Crippen LogP) is 22.6. The summed E-state index contributed by atoms with van der Waals surface area (Å²) in [5.41, 5.74) is 0. The van der Waals surface area contributed by atoms with Gasteiger partial charge in [-0.3, -0.25) is 13.8 Å². The Kier molecular flexibility index (Phi) is 61.8. The lowest BCUT2D eigenvalue weighted by Gasteiger charge is -2.26. The monoisotopic (exact) mass is 1160 g/mol. The number of carbonyl (C=O) groups is 1. The summed E-state index contributed by atoms with van der Waals surface area (Å²) < 4.78 is 23.9. The maximum absolute atomic E-state index is 13.1. The standard InChI is InChI=1S/C72H139N2O6P/c1-6-8-10-12-14-16-18-20-22-24-26-28-30-32-33-34-35-36-37-38-39-40-41-42-44-46-48-50-52-54-56-58-60-62-64-66-72(76)73-70(69-80-81(77,78)79-68-67-74(3,4)5)71(75)65-63-61-59-57-55-53-51-49-47-45-43-31-29-27-25-23-21-19-17-15-13-11-9-7-2/h8,10,14,16,20,22,26,28,70-71,75H,6-7,9,11-13,15,17-19,21,23-25,27,29-69H2,1-5H3,(H-,73,76,77,78)/p+1/b10-8-,16-14-,22-20-,28-26-. The highest BCUT2D eigenvalue weighted by atomic mass is 31.2. The number of quaternary nitrogens is 1. The van der Waals surface area contributed by atoms with Crippen molar-refractivity contribution < 1.29 is 32.9 Å². The number of likely N-dealkylation sites (N-methyl/N-ethyl adjacent to an activating group) is 1. The second-order valence-corrected chi connectivity index (χ2v) is 27.0. The fourth-order valence-corrected chi connectivity index (χ4v) is 11.6. The Morgan fingerprint density at radius 1 is 0.432 bits per heavy atom. The molecule has 478 valence electrons. The molecule has 0 saturated carbocycles. The molecule has 1 amide bonds. The van der Waals surface area contributed by atoms with E-state index in [2.05, 4.69) is 67.8 Å². The average molecular weight is 1160 g/mol. The van der Waals surface area contributed by atoms with Crippen molar-refractivity contribution in [3.63, 3.8) is 0 Å². The number of aliphatic hydroxyl groups excluding tert-OH is 1. The van der Waals surface area contributed by atoms with Gasteiger partial charge in [-0.15, -0.1) is 0 Å². The van der Waals surface area contributed by atoms with Crippen molar-refractivity contribution in [2.75, 3.05) is 40.9 Å². The number of carbonyl (C=O) groups excluding carboxylic acids is 1. The number of nitrogens with zero attached hydrogens (tertiary/aromatic N) is 1. The van der Waals surface area contributed by atoms with Crippen LogP contribution in [-0.4, -0.2) is 73.4 Å². The minimum atomic E-state index is -4.33. The lowest BCUT2D eigenvalue weighted by atomic mass is 10.0. The van der Waals surface area contributed by atoms with E-state index >= 15 is 0 Å². The van der Waals surface area contributed by atoms with E-state index < -0.39 is 20.0 Å². The summed E-state index contributed by atoms with van der Waals surface area (Å²) in [5.74, 6) is -0.137. The molecule has 9 heteroatoms. The first-order chi connectivity index (χ1) is 39.5. The van der Waals surface area contributed by atoms with Gasteiger partial charge in [0.1, 0.15) is 13.2 Å². The number of phosphoric acid groups is 1. The average Bonchev–Trinajstić information content (AvgIpc) is 3.43. The van der Waals surface area contributed by atoms with Gasteiger partial charge in [-0.1, -0.05) is 345 Å². The van der Waals surface area contributed by atoms with Gasteiger partial charge in [0.15, 0.2) is 0 Å². The molecule has 0 bridgehead atoms. The molecule has 0 aliphatic rings. The normalized spacial score (nSPS) is 13.9. The Balaban J connectivity index is 3.97. The van der Waals surface area contributed by atoms with Crippen LogP contribution in [0.1, 0.15) is 354 Å². The third-order valence-corrected chi connectivity index (χ3v) is 17.3. The van der Waals surface area contributed by atoms with E-state index in [0.717, 1.165) is 64.2 Å². The molecule has 81 heavy (non-hydrogen) atoms. The Hall–Kier alpha value is -1.54. The number of unbranched alkanes of at least 4 members (excludes halogenated alkanes) is 45. The van der Waals surface area contributed by atoms with Gasteiger partial charge in [-0.2, -0.15) is 0 Å². The van der Waals surface area contributed by atoms with Gasteiger partial charge < -0.3 is 19.8 Å². The van der Waals surface area contributed by atoms with Crippen molar-refractivity contribution in [2.45, 2.75) is 366 Å². The molecule has 8 nitrogen and oxygen atoms in total. The van der Waals surface area contributed by atoms with Gasteiger partial charge in [0.25, 0.3) is 0 Å². The van der Waals surface area contributed by atoms with Crippen molar-refractivity contribution in [3.8, 4) is 0 Å². The maximum Gasteiger partial charge on any atom is 0.472 e. The first-order valence-electron chi connectivity index (χ1n) is 35.5. The highest BCUT2D eigenvalue weighted by molar-refractivity contribution is 7.47. The molecule has 3 atom stereocenters. The summed E-state index contributed by atoms with van der Waals surface area (Å²) in [6.07, 6.45) is 85.0. The van der Waals surface area contributed by atoms with Gasteiger partial charge >= 0.3 is 7.82 Å². The number of hydrogen-bond acceptors (Lipinski definition) is 5. The van der Waals surface area contributed by atoms with E-state index in [4.69, 9.17) is 9.05 Å². The number of amides is 1. The Morgan fingerprint density at radius 2 is 0.741 bits per heavy atom. The van der Waals surface area contributed by atoms with E-state index in [9.17, 15) is 19.4 Å². The molecule has 0 aromatic heterocycles. The van der Waals surface area contributed by atoms with E-state index in [0.29, 0.717) is 23.9 Å². The van der Waals surface area contributed by atoms with Crippen molar-refractivity contribution in [2.24, 2.45) is 0 Å². The summed E-state index contributed by atoms with van der Waals surface area (Å²) >= 11 is 0. The van der Waals surface area contributed by atoms with Crippen LogP contribution in [0.5, 0.6) is 0 Å². The number of rotatable bonds is 66. The van der Waals surface area contributed by atoms with Crippen LogP contribution in [0.2, 0.25) is 0 Å². The fraction of sp³-hybridized carbons (Fsp3) is 0.875. The summed E-state index contributed by atoms with van der Waals surface area (Å²) in [5, 5.41) is 14.2. The van der Waals surface area contributed by atoms with Crippen LogP contribution in [0, 0.1) is 0 Å². The van der Waals surface area contributed by atoms with Crippen molar-refractivity contribution >= 4 is 13.7 Å². The lowest BCUT2D eigenvalue weighted by molar-refractivity contribution is -0.870. The summed E-state index contributed by atoms with van der Waals surface area (Å²) in [4.78, 5) is 23.5. The zero-order chi connectivity index (χ0) is 59.1. The second-order valence-electron chi connectivity index (χ2n) is 25.6. The summed E-state index contributed by atoms with van der Waals surface area (Å²) in [7, 11) is 1.63. The Labute approximate surface area is 505 Å². The largest absolute Gasteiger partial charge is 0.472 e. The molecule has 0 aliphatic heterocycles. The third-order valence-electron chi connectivity index (χ3n) is 16.3. The van der Waals surface area contributed by atoms with E-state index in [-0.39, 0.29) is 19.1 Å². The van der Waals surface area contributed by atoms with E-state index in [1.54, 1.807) is 0 Å². The fourth-order valence-electron chi connectivity index (χ4n) is 10.9. The van der Waals surface area contributed by atoms with Crippen LogP contribution in [0.3, 0.4) is 0 Å². The maximum atomic E-state index is 13.1. The lowest BCUT2D eigenvalue weighted by Crippen LogP contribution is -2.46. The summed E-state index contributed by atoms with van der Waals surface area (Å²) in [6, 6.07) is -0.761. The minimum absolute atomic E-state index is 0.0767. The molecule has 3 N–H and O–H groups in total. The van der Waals surface area contributed by atoms with Crippen molar-refractivity contribution in [3.05, 3.63) is 48.6 Å². The van der Waals surface area contributed by atoms with Crippen LogP contribution >= 0.6 is 7.82 Å². The highest BCUT2D eigenvalue weighted by Crippen LogP contribution is 2.43. The Bertz CT molecular complexity index is 1460. The molecule has 0 heterocycles. The predicted molar refractivity (Wildman–Crippen MR) is 355 cm³/mol. The number of aliphatic hydroxyl groups is 1. The quantitative estimate of drug-likeness (QED) is 0.0243. The van der Waals surface area contributed by atoms with E-state index in [1.807, 2.05) is 21.1 Å². The SMILES string of the molecule is CC/C=C\C/C=C\C/C=C\C/C=C\CCCCCCCCCCCCCCCCCCCCCCCCC(=O)NC(COP(=O)(O)OCC[N+](C)(C)C)C(O)CCCCCCCCCCCCCCCCCCCCCCCCCC. The molecular weight excluding hydrogens is 1020 g/mol. The second kappa shape index (κ2) is 63.0. The topological polar surface area (TPSA) is 105 Å². The van der Waals surface area contributed by atoms with Gasteiger partial charge in [0.05, 0.1) is 39.9 Å². The van der Waals surface area contributed by atoms with Gasteiger partial charge in [0.2, 0.25) is 5.91 Å². The van der Waals surface area contributed by atoms with Gasteiger partial charge in [0, 0.05) is 6.42 Å². The number of allylic oxidation sites excluding steroid dienone is 8. The molecule has 0 fully saturated rings. The summed E-state index contributed by atoms with van der Waals surface area (Å²) in [6.45, 7) is 4.83. The van der Waals surface area contributed by atoms with Crippen LogP contribution in [0.25, 0.3) is 0 Å². The number of hydrogen-bond donors (Lipinski definition) is 3. The smallest absolute Gasteiger partial charge is 0.391 e. The number of nitrogens with one attached hydrogen (secondary N) is 1. The molecular formula is C72H140N2O6P+. The molecule has 3 unspecified atom stereocenters.